The van der Waals surface area contributed by atoms with Crippen LogP contribution in [0.25, 0.3) is 0 Å². The van der Waals surface area contributed by atoms with Crippen molar-refractivity contribution in [3.63, 3.8) is 0 Å². The Bertz CT molecular complexity index is 227. The summed E-state index contributed by atoms with van der Waals surface area (Å²) in [5, 5.41) is 20.1. The van der Waals surface area contributed by atoms with Gasteiger partial charge in [-0.25, -0.2) is 0 Å². The normalized spacial score (nSPS) is 20.3. The molecule has 0 radical (unpaired) electrons. The largest absolute Gasteiger partial charge is 0.396 e. The van der Waals surface area contributed by atoms with Crippen molar-refractivity contribution in [1.82, 2.24) is 4.90 Å². The van der Waals surface area contributed by atoms with Gasteiger partial charge in [0.05, 0.1) is 5.60 Å². The summed E-state index contributed by atoms with van der Waals surface area (Å²) < 4.78 is 5.29. The maximum atomic E-state index is 10.5. The molecule has 0 aromatic heterocycles. The van der Waals surface area contributed by atoms with Gasteiger partial charge in [0.25, 0.3) is 0 Å². The maximum Gasteiger partial charge on any atom is 0.0817 e. The first-order valence-corrected chi connectivity index (χ1v) is 7.09. The Morgan fingerprint density at radius 3 is 2.22 bits per heavy atom. The van der Waals surface area contributed by atoms with Crippen LogP contribution < -0.4 is 0 Å². The fraction of sp³-hybridized carbons (Fsp3) is 1.00. The van der Waals surface area contributed by atoms with Gasteiger partial charge in [-0.2, -0.15) is 0 Å². The van der Waals surface area contributed by atoms with Gasteiger partial charge < -0.3 is 19.8 Å². The molecule has 18 heavy (non-hydrogen) atoms. The van der Waals surface area contributed by atoms with E-state index in [-0.39, 0.29) is 12.0 Å². The van der Waals surface area contributed by atoms with Crippen LogP contribution >= 0.6 is 0 Å². The summed E-state index contributed by atoms with van der Waals surface area (Å²) in [5.41, 5.74) is -0.647. The van der Waals surface area contributed by atoms with Gasteiger partial charge in [0, 0.05) is 51.2 Å². The average molecular weight is 259 g/mol. The van der Waals surface area contributed by atoms with Crippen LogP contribution in [0.1, 0.15) is 39.5 Å². The molecule has 1 heterocycles. The van der Waals surface area contributed by atoms with Gasteiger partial charge in [0.1, 0.15) is 0 Å². The lowest BCUT2D eigenvalue weighted by Gasteiger charge is -2.39. The molecule has 1 fully saturated rings. The van der Waals surface area contributed by atoms with E-state index in [1.54, 1.807) is 0 Å². The van der Waals surface area contributed by atoms with Gasteiger partial charge in [0.15, 0.2) is 0 Å². The zero-order valence-electron chi connectivity index (χ0n) is 12.1. The van der Waals surface area contributed by atoms with E-state index in [1.165, 1.54) is 0 Å². The molecule has 0 atom stereocenters. The summed E-state index contributed by atoms with van der Waals surface area (Å²) in [6, 6.07) is 0. The van der Waals surface area contributed by atoms with Crippen LogP contribution in [0, 0.1) is 5.41 Å². The van der Waals surface area contributed by atoms with Crippen molar-refractivity contribution in [2.45, 2.75) is 45.1 Å². The van der Waals surface area contributed by atoms with E-state index in [4.69, 9.17) is 4.74 Å². The maximum absolute atomic E-state index is 10.5. The van der Waals surface area contributed by atoms with Crippen molar-refractivity contribution in [3.8, 4) is 0 Å². The highest BCUT2D eigenvalue weighted by molar-refractivity contribution is 4.86. The van der Waals surface area contributed by atoms with E-state index in [2.05, 4.69) is 18.7 Å². The number of ether oxygens (including phenoxy) is 1. The lowest BCUT2D eigenvalue weighted by Crippen LogP contribution is -2.48. The van der Waals surface area contributed by atoms with E-state index in [0.29, 0.717) is 32.6 Å². The summed E-state index contributed by atoms with van der Waals surface area (Å²) >= 11 is 0. The van der Waals surface area contributed by atoms with Gasteiger partial charge in [-0.05, 0) is 19.9 Å². The summed E-state index contributed by atoms with van der Waals surface area (Å²) in [6.45, 7) is 7.26. The fourth-order valence-electron chi connectivity index (χ4n) is 2.79. The predicted molar refractivity (Wildman–Crippen MR) is 72.6 cm³/mol. The first kappa shape index (κ1) is 15.9. The van der Waals surface area contributed by atoms with Crippen molar-refractivity contribution in [2.75, 3.05) is 40.0 Å². The summed E-state index contributed by atoms with van der Waals surface area (Å²) in [5.74, 6) is 0. The second-order valence-corrected chi connectivity index (χ2v) is 5.87. The van der Waals surface area contributed by atoms with Crippen LogP contribution in [0.15, 0.2) is 0 Å². The lowest BCUT2D eigenvalue weighted by atomic mass is 9.82. The molecule has 4 heteroatoms. The lowest BCUT2D eigenvalue weighted by molar-refractivity contribution is -0.0822. The molecule has 0 unspecified atom stereocenters. The van der Waals surface area contributed by atoms with Gasteiger partial charge >= 0.3 is 0 Å². The monoisotopic (exact) mass is 259 g/mol. The number of likely N-dealkylation sites (N-methyl/N-ethyl adjacent to an activating group) is 1. The zero-order valence-corrected chi connectivity index (χ0v) is 12.1. The summed E-state index contributed by atoms with van der Waals surface area (Å²) in [4.78, 5) is 2.16. The van der Waals surface area contributed by atoms with Gasteiger partial charge in [0.2, 0.25) is 0 Å². The minimum atomic E-state index is -0.615. The van der Waals surface area contributed by atoms with Gasteiger partial charge in [-0.3, -0.25) is 0 Å². The number of aliphatic hydroxyl groups excluding tert-OH is 1. The Morgan fingerprint density at radius 2 is 1.78 bits per heavy atom. The van der Waals surface area contributed by atoms with Crippen molar-refractivity contribution in [3.05, 3.63) is 0 Å². The van der Waals surface area contributed by atoms with Crippen molar-refractivity contribution in [1.29, 1.82) is 0 Å². The van der Waals surface area contributed by atoms with Crippen molar-refractivity contribution in [2.24, 2.45) is 5.41 Å². The Morgan fingerprint density at radius 1 is 1.22 bits per heavy atom. The van der Waals surface area contributed by atoms with E-state index >= 15 is 0 Å². The fourth-order valence-corrected chi connectivity index (χ4v) is 2.79. The number of aliphatic hydroxyl groups is 2. The Labute approximate surface area is 111 Å². The van der Waals surface area contributed by atoms with E-state index in [9.17, 15) is 10.2 Å². The van der Waals surface area contributed by atoms with Crippen molar-refractivity contribution < 1.29 is 14.9 Å². The summed E-state index contributed by atoms with van der Waals surface area (Å²) in [6.07, 6.45) is 3.35. The Kier molecular flexibility index (Phi) is 6.05. The van der Waals surface area contributed by atoms with Crippen LogP contribution in [0.2, 0.25) is 0 Å². The smallest absolute Gasteiger partial charge is 0.0817 e. The number of rotatable bonds is 7. The van der Waals surface area contributed by atoms with Gasteiger partial charge in [-0.1, -0.05) is 13.8 Å². The molecule has 1 aliphatic heterocycles. The number of hydrogen-bond donors (Lipinski definition) is 2. The quantitative estimate of drug-likeness (QED) is 0.723. The van der Waals surface area contributed by atoms with Crippen LogP contribution in [-0.4, -0.2) is 60.7 Å². The highest BCUT2D eigenvalue weighted by atomic mass is 16.5. The minimum absolute atomic E-state index is 0.0315. The zero-order chi connectivity index (χ0) is 13.6. The molecule has 1 rings (SSSR count). The first-order valence-electron chi connectivity index (χ1n) is 7.09. The second kappa shape index (κ2) is 6.85. The molecular weight excluding hydrogens is 230 g/mol. The van der Waals surface area contributed by atoms with Crippen molar-refractivity contribution >= 4 is 0 Å². The molecular formula is C14H29NO3. The molecule has 0 aromatic rings. The molecule has 0 aromatic carbocycles. The molecule has 0 saturated carbocycles. The third-order valence-electron chi connectivity index (χ3n) is 4.43. The first-order chi connectivity index (χ1) is 8.49. The molecule has 0 amide bonds. The standard InChI is InChI=1S/C14H29NO3/c1-4-13(5-2,12-16)10-15(3)11-14(17)6-8-18-9-7-14/h16-17H,4-12H2,1-3H3. The average Bonchev–Trinajstić information content (AvgIpc) is 2.36. The highest BCUT2D eigenvalue weighted by Gasteiger charge is 2.34. The van der Waals surface area contributed by atoms with Crippen LogP contribution in [0.5, 0.6) is 0 Å². The molecule has 0 bridgehead atoms. The van der Waals surface area contributed by atoms with E-state index in [1.807, 2.05) is 7.05 Å². The second-order valence-electron chi connectivity index (χ2n) is 5.87. The molecule has 1 aliphatic rings. The molecule has 1 saturated heterocycles. The number of hydrogen-bond acceptors (Lipinski definition) is 4. The van der Waals surface area contributed by atoms with E-state index in [0.717, 1.165) is 19.4 Å². The van der Waals surface area contributed by atoms with E-state index < -0.39 is 5.60 Å². The molecule has 4 nitrogen and oxygen atoms in total. The molecule has 0 spiro atoms. The third-order valence-corrected chi connectivity index (χ3v) is 4.43. The number of nitrogens with zero attached hydrogens (tertiary/aromatic N) is 1. The SMILES string of the molecule is CCC(CC)(CO)CN(C)CC1(O)CCOCC1. The van der Waals surface area contributed by atoms with Crippen LogP contribution in [0.3, 0.4) is 0 Å². The Balaban J connectivity index is 2.51. The highest BCUT2D eigenvalue weighted by Crippen LogP contribution is 2.28. The third kappa shape index (κ3) is 4.19. The predicted octanol–water partition coefficient (Wildman–Crippen LogP) is 1.26. The molecule has 108 valence electrons. The topological polar surface area (TPSA) is 52.9 Å². The molecule has 0 aliphatic carbocycles. The molecule has 2 N–H and O–H groups in total. The Hall–Kier alpha value is -0.160. The van der Waals surface area contributed by atoms with Gasteiger partial charge in [-0.15, -0.1) is 0 Å². The minimum Gasteiger partial charge on any atom is -0.396 e. The van der Waals surface area contributed by atoms with Crippen LogP contribution in [-0.2, 0) is 4.74 Å². The van der Waals surface area contributed by atoms with Crippen LogP contribution in [0.4, 0.5) is 0 Å². The summed E-state index contributed by atoms with van der Waals surface area (Å²) in [7, 11) is 2.03.